The van der Waals surface area contributed by atoms with Crippen LogP contribution in [0.5, 0.6) is 0 Å². The topological polar surface area (TPSA) is 155 Å². The van der Waals surface area contributed by atoms with Crippen molar-refractivity contribution < 1.29 is 9.18 Å². The monoisotopic (exact) mass is 407 g/mol. The molecule has 30 heavy (non-hydrogen) atoms. The lowest BCUT2D eigenvalue weighted by Gasteiger charge is -2.17. The van der Waals surface area contributed by atoms with Gasteiger partial charge in [0.1, 0.15) is 17.2 Å². The standard InChI is InChI=1S/C19H18FN9O/c1-28(19(23)30)14-15(21)25-17(26-16(14)22)13-11-6-4-8-24-18(11)29(27-13)9-10-5-2-3-7-12(10)20/h2-8H,9H2,1H3,(H2,23,30)(H4,21,22,25,26). The van der Waals surface area contributed by atoms with Gasteiger partial charge < -0.3 is 17.2 Å². The first-order valence-corrected chi connectivity index (χ1v) is 8.88. The fraction of sp³-hybridized carbons (Fsp3) is 0.105. The first-order chi connectivity index (χ1) is 14.4. The van der Waals surface area contributed by atoms with Crippen molar-refractivity contribution in [1.29, 1.82) is 0 Å². The van der Waals surface area contributed by atoms with Gasteiger partial charge in [-0.2, -0.15) is 5.10 Å². The summed E-state index contributed by atoms with van der Waals surface area (Å²) in [6, 6.07) is 9.20. The van der Waals surface area contributed by atoms with E-state index in [1.54, 1.807) is 41.2 Å². The van der Waals surface area contributed by atoms with Gasteiger partial charge in [-0.25, -0.2) is 28.8 Å². The lowest BCUT2D eigenvalue weighted by atomic mass is 10.2. The number of aromatic nitrogens is 5. The number of carbonyl (C=O) groups is 1. The van der Waals surface area contributed by atoms with Crippen LogP contribution < -0.4 is 22.1 Å². The minimum absolute atomic E-state index is 0.0282. The SMILES string of the molecule is CN(C(N)=O)c1c(N)nc(-c2nn(Cc3ccccc3F)c3ncccc23)nc1N. The van der Waals surface area contributed by atoms with Crippen molar-refractivity contribution in [2.75, 3.05) is 23.4 Å². The summed E-state index contributed by atoms with van der Waals surface area (Å²) >= 11 is 0. The zero-order valence-corrected chi connectivity index (χ0v) is 16.0. The van der Waals surface area contributed by atoms with Crippen LogP contribution in [0.4, 0.5) is 26.5 Å². The minimum atomic E-state index is -0.756. The summed E-state index contributed by atoms with van der Waals surface area (Å²) in [5, 5.41) is 5.18. The van der Waals surface area contributed by atoms with Crippen molar-refractivity contribution in [3.8, 4) is 11.5 Å². The van der Waals surface area contributed by atoms with E-state index in [2.05, 4.69) is 20.1 Å². The Balaban J connectivity index is 1.84. The summed E-state index contributed by atoms with van der Waals surface area (Å²) in [5.41, 5.74) is 18.8. The second-order valence-electron chi connectivity index (χ2n) is 6.54. The summed E-state index contributed by atoms with van der Waals surface area (Å²) in [6.45, 7) is 0.160. The van der Waals surface area contributed by atoms with Crippen LogP contribution in [0, 0.1) is 5.82 Å². The number of nitrogens with two attached hydrogens (primary N) is 3. The Labute approximate surface area is 170 Å². The quantitative estimate of drug-likeness (QED) is 0.465. The van der Waals surface area contributed by atoms with Crippen LogP contribution in [0.3, 0.4) is 0 Å². The Kier molecular flexibility index (Phi) is 4.62. The Morgan fingerprint density at radius 2 is 1.83 bits per heavy atom. The molecule has 3 heterocycles. The Hall–Kier alpha value is -4.28. The van der Waals surface area contributed by atoms with Crippen LogP contribution in [0.2, 0.25) is 0 Å². The number of hydrogen-bond donors (Lipinski definition) is 3. The van der Waals surface area contributed by atoms with Gasteiger partial charge in [0.05, 0.1) is 11.9 Å². The number of anilines is 3. The number of halogens is 1. The smallest absolute Gasteiger partial charge is 0.319 e. The number of rotatable bonds is 4. The molecule has 0 radical (unpaired) electrons. The maximum Gasteiger partial charge on any atom is 0.319 e. The van der Waals surface area contributed by atoms with Gasteiger partial charge in [0.2, 0.25) is 0 Å². The van der Waals surface area contributed by atoms with Crippen molar-refractivity contribution in [3.05, 3.63) is 54.0 Å². The van der Waals surface area contributed by atoms with Crippen LogP contribution in [-0.4, -0.2) is 37.8 Å². The first kappa shape index (κ1) is 19.1. The summed E-state index contributed by atoms with van der Waals surface area (Å²) in [4.78, 5) is 25.4. The molecule has 10 nitrogen and oxygen atoms in total. The zero-order chi connectivity index (χ0) is 21.4. The van der Waals surface area contributed by atoms with Crippen molar-refractivity contribution in [2.45, 2.75) is 6.54 Å². The molecule has 0 saturated heterocycles. The molecule has 0 spiro atoms. The number of carbonyl (C=O) groups excluding carboxylic acids is 1. The summed E-state index contributed by atoms with van der Waals surface area (Å²) in [7, 11) is 1.41. The number of nitrogen functional groups attached to an aromatic ring is 2. The number of urea groups is 1. The molecule has 11 heteroatoms. The van der Waals surface area contributed by atoms with Gasteiger partial charge in [-0.15, -0.1) is 0 Å². The Bertz CT molecular complexity index is 1250. The van der Waals surface area contributed by atoms with Crippen molar-refractivity contribution in [3.63, 3.8) is 0 Å². The highest BCUT2D eigenvalue weighted by Crippen LogP contribution is 2.31. The highest BCUT2D eigenvalue weighted by Gasteiger charge is 2.22. The number of nitrogens with zero attached hydrogens (tertiary/aromatic N) is 6. The number of amides is 2. The maximum atomic E-state index is 14.1. The number of fused-ring (bicyclic) bond motifs is 1. The molecule has 0 fully saturated rings. The average molecular weight is 407 g/mol. The van der Waals surface area contributed by atoms with E-state index >= 15 is 0 Å². The van der Waals surface area contributed by atoms with E-state index in [0.717, 1.165) is 4.90 Å². The van der Waals surface area contributed by atoms with Gasteiger partial charge in [-0.1, -0.05) is 18.2 Å². The summed E-state index contributed by atoms with van der Waals surface area (Å²) in [6.07, 6.45) is 1.61. The second-order valence-corrected chi connectivity index (χ2v) is 6.54. The fourth-order valence-corrected chi connectivity index (χ4v) is 3.12. The number of pyridine rings is 1. The van der Waals surface area contributed by atoms with Crippen LogP contribution in [-0.2, 0) is 6.54 Å². The normalized spacial score (nSPS) is 11.0. The van der Waals surface area contributed by atoms with Gasteiger partial charge in [-0.05, 0) is 18.2 Å². The molecule has 0 saturated carbocycles. The minimum Gasteiger partial charge on any atom is -0.382 e. The van der Waals surface area contributed by atoms with Crippen LogP contribution >= 0.6 is 0 Å². The number of benzene rings is 1. The van der Waals surface area contributed by atoms with Crippen LogP contribution in [0.25, 0.3) is 22.6 Å². The molecule has 152 valence electrons. The van der Waals surface area contributed by atoms with Crippen LogP contribution in [0.1, 0.15) is 5.56 Å². The molecule has 6 N–H and O–H groups in total. The van der Waals surface area contributed by atoms with Gasteiger partial charge in [0.15, 0.2) is 23.1 Å². The lowest BCUT2D eigenvalue weighted by molar-refractivity contribution is 0.255. The highest BCUT2D eigenvalue weighted by molar-refractivity contribution is 5.97. The largest absolute Gasteiger partial charge is 0.382 e. The third kappa shape index (κ3) is 3.21. The third-order valence-electron chi connectivity index (χ3n) is 4.60. The Morgan fingerprint density at radius 1 is 1.13 bits per heavy atom. The summed E-state index contributed by atoms with van der Waals surface area (Å²) < 4.78 is 15.7. The molecule has 0 aliphatic carbocycles. The van der Waals surface area contributed by atoms with Gasteiger partial charge in [-0.3, -0.25) is 4.90 Å². The lowest BCUT2D eigenvalue weighted by Crippen LogP contribution is -2.33. The van der Waals surface area contributed by atoms with Crippen molar-refractivity contribution in [1.82, 2.24) is 24.7 Å². The molecule has 2 amide bonds. The molecular formula is C19H18FN9O. The predicted molar refractivity (Wildman–Crippen MR) is 111 cm³/mol. The highest BCUT2D eigenvalue weighted by atomic mass is 19.1. The summed E-state index contributed by atoms with van der Waals surface area (Å²) in [5.74, 6) is -0.252. The van der Waals surface area contributed by atoms with E-state index < -0.39 is 6.03 Å². The van der Waals surface area contributed by atoms with E-state index in [9.17, 15) is 9.18 Å². The Morgan fingerprint density at radius 3 is 2.50 bits per heavy atom. The molecule has 4 rings (SSSR count). The van der Waals surface area contributed by atoms with Crippen LogP contribution in [0.15, 0.2) is 42.6 Å². The molecule has 0 unspecified atom stereocenters. The van der Waals surface area contributed by atoms with Gasteiger partial charge >= 0.3 is 6.03 Å². The zero-order valence-electron chi connectivity index (χ0n) is 16.0. The molecule has 0 bridgehead atoms. The number of primary amides is 1. The van der Waals surface area contributed by atoms with Gasteiger partial charge in [0.25, 0.3) is 0 Å². The van der Waals surface area contributed by atoms with E-state index in [-0.39, 0.29) is 35.5 Å². The second kappa shape index (κ2) is 7.28. The fourth-order valence-electron chi connectivity index (χ4n) is 3.12. The third-order valence-corrected chi connectivity index (χ3v) is 4.60. The maximum absolute atomic E-state index is 14.1. The first-order valence-electron chi connectivity index (χ1n) is 8.88. The molecule has 0 aliphatic rings. The van der Waals surface area contributed by atoms with E-state index in [1.807, 2.05) is 0 Å². The average Bonchev–Trinajstić information content (AvgIpc) is 3.07. The molecular weight excluding hydrogens is 389 g/mol. The van der Waals surface area contributed by atoms with E-state index in [0.29, 0.717) is 22.3 Å². The number of hydrogen-bond acceptors (Lipinski definition) is 7. The molecule has 1 aromatic carbocycles. The predicted octanol–water partition coefficient (Wildman–Crippen LogP) is 1.75. The van der Waals surface area contributed by atoms with E-state index in [4.69, 9.17) is 17.2 Å². The molecule has 0 aliphatic heterocycles. The van der Waals surface area contributed by atoms with Crippen molar-refractivity contribution >= 4 is 34.4 Å². The van der Waals surface area contributed by atoms with Crippen molar-refractivity contribution in [2.24, 2.45) is 5.73 Å². The molecule has 4 aromatic rings. The van der Waals surface area contributed by atoms with Gasteiger partial charge in [0, 0.05) is 18.8 Å². The van der Waals surface area contributed by atoms with E-state index in [1.165, 1.54) is 13.1 Å². The molecule has 3 aromatic heterocycles. The molecule has 0 atom stereocenters.